The van der Waals surface area contributed by atoms with Crippen molar-refractivity contribution in [3.05, 3.63) is 45.9 Å². The van der Waals surface area contributed by atoms with E-state index in [9.17, 15) is 14.4 Å². The largest absolute Gasteiger partial charge is 0.463 e. The van der Waals surface area contributed by atoms with Crippen LogP contribution in [0, 0.1) is 0 Å². The average molecular weight is 544 g/mol. The second-order valence-corrected chi connectivity index (χ2v) is 9.80. The number of nitrogens with zero attached hydrogens (tertiary/aromatic N) is 3. The van der Waals surface area contributed by atoms with Gasteiger partial charge < -0.3 is 35.6 Å². The molecule has 0 aliphatic rings. The van der Waals surface area contributed by atoms with Gasteiger partial charge in [0.2, 0.25) is 0 Å². The lowest BCUT2D eigenvalue weighted by Crippen LogP contribution is -2.34. The van der Waals surface area contributed by atoms with E-state index in [2.05, 4.69) is 25.6 Å². The van der Waals surface area contributed by atoms with Crippen molar-refractivity contribution < 1.29 is 23.8 Å². The molecular formula is C26H37N7O6. The van der Waals surface area contributed by atoms with E-state index in [1.165, 1.54) is 4.57 Å². The zero-order valence-corrected chi connectivity index (χ0v) is 22.8. The van der Waals surface area contributed by atoms with Crippen molar-refractivity contribution in [2.24, 2.45) is 0 Å². The highest BCUT2D eigenvalue weighted by Crippen LogP contribution is 2.19. The number of benzene rings is 1. The number of hydrogen-bond acceptors (Lipinski definition) is 9. The zero-order chi connectivity index (χ0) is 28.4. The molecule has 0 bridgehead atoms. The highest BCUT2D eigenvalue weighted by atomic mass is 16.6. The third kappa shape index (κ3) is 8.99. The van der Waals surface area contributed by atoms with Crippen molar-refractivity contribution in [2.45, 2.75) is 52.7 Å². The van der Waals surface area contributed by atoms with Crippen LogP contribution in [0.3, 0.4) is 0 Å². The average Bonchev–Trinajstić information content (AvgIpc) is 3.18. The fourth-order valence-corrected chi connectivity index (χ4v) is 3.47. The molecule has 2 heterocycles. The number of imidazole rings is 1. The lowest BCUT2D eigenvalue weighted by Gasteiger charge is -2.19. The summed E-state index contributed by atoms with van der Waals surface area (Å²) in [6.45, 7) is 9.28. The van der Waals surface area contributed by atoms with Crippen LogP contribution >= 0.6 is 0 Å². The van der Waals surface area contributed by atoms with Crippen molar-refractivity contribution in [1.29, 1.82) is 0 Å². The van der Waals surface area contributed by atoms with Gasteiger partial charge in [-0.2, -0.15) is 9.97 Å². The molecule has 0 atom stereocenters. The van der Waals surface area contributed by atoms with Gasteiger partial charge in [-0.3, -0.25) is 9.36 Å². The molecule has 13 nitrogen and oxygen atoms in total. The van der Waals surface area contributed by atoms with Gasteiger partial charge in [0.15, 0.2) is 11.5 Å². The van der Waals surface area contributed by atoms with Gasteiger partial charge in [-0.05, 0) is 44.9 Å². The number of unbranched alkanes of at least 4 members (excludes halogenated alkanes) is 1. The summed E-state index contributed by atoms with van der Waals surface area (Å²) >= 11 is 0. The summed E-state index contributed by atoms with van der Waals surface area (Å²) in [6, 6.07) is 7.01. The topological polar surface area (TPSA) is 175 Å². The van der Waals surface area contributed by atoms with Crippen LogP contribution in [0.1, 0.15) is 56.5 Å². The molecule has 1 aromatic carbocycles. The molecule has 3 aromatic rings. The van der Waals surface area contributed by atoms with Gasteiger partial charge in [0, 0.05) is 18.7 Å². The number of ether oxygens (including phenoxy) is 3. The number of fused-ring (bicyclic) bond motifs is 1. The molecule has 5 N–H and O–H groups in total. The minimum Gasteiger partial charge on any atom is -0.463 e. The Balaban J connectivity index is 1.48. The molecule has 39 heavy (non-hydrogen) atoms. The van der Waals surface area contributed by atoms with Gasteiger partial charge in [-0.15, -0.1) is 0 Å². The fourth-order valence-electron chi connectivity index (χ4n) is 3.47. The molecule has 0 fully saturated rings. The molecular weight excluding hydrogens is 506 g/mol. The number of carbonyl (C=O) groups excluding carboxylic acids is 2. The van der Waals surface area contributed by atoms with Crippen LogP contribution in [-0.2, 0) is 16.0 Å². The second kappa shape index (κ2) is 13.6. The Morgan fingerprint density at radius 1 is 1.05 bits per heavy atom. The summed E-state index contributed by atoms with van der Waals surface area (Å²) < 4.78 is 17.6. The normalized spacial score (nSPS) is 11.4. The van der Waals surface area contributed by atoms with Gasteiger partial charge in [0.1, 0.15) is 11.1 Å². The van der Waals surface area contributed by atoms with Crippen molar-refractivity contribution in [2.75, 3.05) is 38.6 Å². The minimum absolute atomic E-state index is 0.122. The number of nitrogen functional groups attached to an aromatic ring is 1. The number of alkyl carbamates (subject to hydrolysis) is 1. The van der Waals surface area contributed by atoms with Crippen LogP contribution < -0.4 is 26.8 Å². The Bertz CT molecular complexity index is 1310. The lowest BCUT2D eigenvalue weighted by molar-refractivity contribution is 0.0500. The molecule has 2 aromatic heterocycles. The molecule has 0 spiro atoms. The van der Waals surface area contributed by atoms with Gasteiger partial charge in [0.25, 0.3) is 5.91 Å². The van der Waals surface area contributed by atoms with Crippen LogP contribution in [0.4, 0.5) is 10.6 Å². The maximum Gasteiger partial charge on any atom is 0.407 e. The summed E-state index contributed by atoms with van der Waals surface area (Å²) in [5.41, 5.74) is 7.03. The third-order valence-electron chi connectivity index (χ3n) is 5.36. The van der Waals surface area contributed by atoms with E-state index in [0.29, 0.717) is 49.6 Å². The van der Waals surface area contributed by atoms with Crippen molar-refractivity contribution in [1.82, 2.24) is 30.2 Å². The van der Waals surface area contributed by atoms with E-state index in [1.807, 2.05) is 6.92 Å². The number of aromatic nitrogens is 4. The highest BCUT2D eigenvalue weighted by molar-refractivity contribution is 5.94. The SMILES string of the molecule is CCCCOc1nc(N)c2[nH]c(=O)n(Cc3ccc(C(=O)NCCOCCNC(=O)OC(C)(C)C)cc3)c2n1. The van der Waals surface area contributed by atoms with Crippen molar-refractivity contribution >= 4 is 29.0 Å². The predicted molar refractivity (Wildman–Crippen MR) is 146 cm³/mol. The van der Waals surface area contributed by atoms with E-state index in [1.54, 1.807) is 45.0 Å². The third-order valence-corrected chi connectivity index (χ3v) is 5.36. The number of hydrogen-bond donors (Lipinski definition) is 4. The second-order valence-electron chi connectivity index (χ2n) is 9.80. The van der Waals surface area contributed by atoms with E-state index in [-0.39, 0.29) is 30.0 Å². The summed E-state index contributed by atoms with van der Waals surface area (Å²) in [7, 11) is 0. The Morgan fingerprint density at radius 3 is 2.41 bits per heavy atom. The van der Waals surface area contributed by atoms with Crippen LogP contribution in [-0.4, -0.2) is 70.0 Å². The number of amides is 2. The fraction of sp³-hybridized carbons (Fsp3) is 0.500. The number of nitrogens with two attached hydrogens (primary N) is 1. The molecule has 13 heteroatoms. The molecule has 0 radical (unpaired) electrons. The first-order valence-corrected chi connectivity index (χ1v) is 12.9. The molecule has 0 aliphatic heterocycles. The number of carbonyl (C=O) groups is 2. The van der Waals surface area contributed by atoms with Crippen LogP contribution in [0.15, 0.2) is 29.1 Å². The minimum atomic E-state index is -0.557. The Labute approximate surface area is 226 Å². The quantitative estimate of drug-likeness (QED) is 0.235. The number of aromatic amines is 1. The Morgan fingerprint density at radius 2 is 1.74 bits per heavy atom. The first-order valence-electron chi connectivity index (χ1n) is 12.9. The van der Waals surface area contributed by atoms with E-state index >= 15 is 0 Å². The number of H-pyrrole nitrogens is 1. The molecule has 0 aliphatic carbocycles. The molecule has 212 valence electrons. The predicted octanol–water partition coefficient (Wildman–Crippen LogP) is 2.20. The van der Waals surface area contributed by atoms with E-state index in [0.717, 1.165) is 18.4 Å². The lowest BCUT2D eigenvalue weighted by atomic mass is 10.1. The van der Waals surface area contributed by atoms with Crippen molar-refractivity contribution in [3.8, 4) is 6.01 Å². The Kier molecular flexibility index (Phi) is 10.3. The standard InChI is InChI=1S/C26H37N7O6/c1-5-6-13-38-23-31-20(27)19-21(32-23)33(24(35)30-19)16-17-7-9-18(10-8-17)22(34)28-11-14-37-15-12-29-25(36)39-26(2,3)4/h7-10H,5-6,11-16H2,1-4H3,(H,28,34)(H,29,36)(H,30,35)(H2,27,31,32). The van der Waals surface area contributed by atoms with Crippen molar-refractivity contribution in [3.63, 3.8) is 0 Å². The van der Waals surface area contributed by atoms with E-state index in [4.69, 9.17) is 19.9 Å². The monoisotopic (exact) mass is 543 g/mol. The molecule has 0 unspecified atom stereocenters. The van der Waals surface area contributed by atoms with Crippen LogP contribution in [0.25, 0.3) is 11.2 Å². The number of nitrogens with one attached hydrogen (secondary N) is 3. The first kappa shape index (κ1) is 29.4. The summed E-state index contributed by atoms with van der Waals surface area (Å²) in [4.78, 5) is 47.8. The molecule has 2 amide bonds. The zero-order valence-electron chi connectivity index (χ0n) is 22.8. The van der Waals surface area contributed by atoms with Gasteiger partial charge in [0.05, 0.1) is 26.4 Å². The summed E-state index contributed by atoms with van der Waals surface area (Å²) in [5, 5.41) is 5.38. The highest BCUT2D eigenvalue weighted by Gasteiger charge is 2.16. The summed E-state index contributed by atoms with van der Waals surface area (Å²) in [5.74, 6) is -0.117. The van der Waals surface area contributed by atoms with Gasteiger partial charge >= 0.3 is 17.8 Å². The molecule has 3 rings (SSSR count). The molecule has 0 saturated carbocycles. The number of rotatable bonds is 13. The maximum atomic E-state index is 12.6. The van der Waals surface area contributed by atoms with Gasteiger partial charge in [-0.25, -0.2) is 9.59 Å². The van der Waals surface area contributed by atoms with Gasteiger partial charge in [-0.1, -0.05) is 25.5 Å². The first-order chi connectivity index (χ1) is 18.6. The number of anilines is 1. The van der Waals surface area contributed by atoms with Crippen LogP contribution in [0.2, 0.25) is 0 Å². The molecule has 0 saturated heterocycles. The van der Waals surface area contributed by atoms with Crippen LogP contribution in [0.5, 0.6) is 6.01 Å². The smallest absolute Gasteiger partial charge is 0.407 e. The Hall–Kier alpha value is -4.13. The summed E-state index contributed by atoms with van der Waals surface area (Å²) in [6.07, 6.45) is 1.31. The maximum absolute atomic E-state index is 12.6. The van der Waals surface area contributed by atoms with E-state index < -0.39 is 11.7 Å².